The number of carbonyl (C=O) groups is 2. The Morgan fingerprint density at radius 1 is 1.42 bits per heavy atom. The first-order valence-corrected chi connectivity index (χ1v) is 3.95. The van der Waals surface area contributed by atoms with Crippen molar-refractivity contribution in [3.05, 3.63) is 11.8 Å². The van der Waals surface area contributed by atoms with Gasteiger partial charge < -0.3 is 4.74 Å². The smallest absolute Gasteiger partial charge is 0.318 e. The van der Waals surface area contributed by atoms with Crippen molar-refractivity contribution in [3.63, 3.8) is 0 Å². The zero-order valence-electron chi connectivity index (χ0n) is 7.72. The maximum Gasteiger partial charge on any atom is 0.318 e. The van der Waals surface area contributed by atoms with E-state index in [0.29, 0.717) is 12.2 Å². The summed E-state index contributed by atoms with van der Waals surface area (Å²) in [5.74, 6) is -0.0368. The van der Waals surface area contributed by atoms with E-state index in [-0.39, 0.29) is 12.2 Å². The topological polar surface area (TPSA) is 43.4 Å². The first-order valence-electron chi connectivity index (χ1n) is 3.95. The van der Waals surface area contributed by atoms with Crippen molar-refractivity contribution in [3.8, 4) is 0 Å². The molecule has 0 radical (unpaired) electrons. The molecule has 0 saturated heterocycles. The lowest BCUT2D eigenvalue weighted by Gasteiger charge is -2.03. The molecular formula is C9H14O3. The summed E-state index contributed by atoms with van der Waals surface area (Å²) in [5, 5.41) is 0. The van der Waals surface area contributed by atoms with Gasteiger partial charge in [-0.05, 0) is 19.9 Å². The summed E-state index contributed by atoms with van der Waals surface area (Å²) in [7, 11) is 0. The van der Waals surface area contributed by atoms with Crippen LogP contribution >= 0.6 is 0 Å². The molecule has 3 nitrogen and oxygen atoms in total. The molecule has 0 spiro atoms. The molecule has 0 heterocycles. The van der Waals surface area contributed by atoms with E-state index < -0.39 is 5.97 Å². The van der Waals surface area contributed by atoms with Crippen LogP contribution in [-0.2, 0) is 14.3 Å². The second kappa shape index (κ2) is 5.52. The van der Waals surface area contributed by atoms with Gasteiger partial charge in [-0.3, -0.25) is 9.59 Å². The van der Waals surface area contributed by atoms with Gasteiger partial charge in [0.2, 0.25) is 0 Å². The minimum absolute atomic E-state index is 0.142. The van der Waals surface area contributed by atoms with Crippen molar-refractivity contribution in [1.29, 1.82) is 0 Å². The lowest BCUT2D eigenvalue weighted by atomic mass is 10.3. The number of Topliss-reactive ketones (excluding diaryl/α,β-unsaturated/α-hetero) is 1. The van der Waals surface area contributed by atoms with Gasteiger partial charge in [-0.25, -0.2) is 0 Å². The van der Waals surface area contributed by atoms with E-state index in [1.165, 1.54) is 6.92 Å². The number of allylic oxidation sites excluding steroid dienone is 2. The molecule has 0 unspecified atom stereocenters. The van der Waals surface area contributed by atoms with Gasteiger partial charge in [0.15, 0.2) is 0 Å². The second-order valence-corrected chi connectivity index (χ2v) is 2.46. The van der Waals surface area contributed by atoms with Gasteiger partial charge in [-0.15, -0.1) is 0 Å². The Labute approximate surface area is 72.4 Å². The lowest BCUT2D eigenvalue weighted by Crippen LogP contribution is -2.08. The Balaban J connectivity index is 3.91. The van der Waals surface area contributed by atoms with Crippen molar-refractivity contribution in [1.82, 2.24) is 0 Å². The SMILES string of the molecule is CC=C(CC)OC(=O)CC(C)=O. The first-order chi connectivity index (χ1) is 5.60. The number of esters is 1. The molecule has 12 heavy (non-hydrogen) atoms. The molecule has 0 fully saturated rings. The van der Waals surface area contributed by atoms with Gasteiger partial charge >= 0.3 is 5.97 Å². The Morgan fingerprint density at radius 2 is 2.00 bits per heavy atom. The van der Waals surface area contributed by atoms with Gasteiger partial charge in [0.05, 0.1) is 0 Å². The molecule has 68 valence electrons. The third kappa shape index (κ3) is 4.66. The van der Waals surface area contributed by atoms with E-state index in [4.69, 9.17) is 4.74 Å². The lowest BCUT2D eigenvalue weighted by molar-refractivity contribution is -0.142. The summed E-state index contributed by atoms with van der Waals surface area (Å²) in [4.78, 5) is 21.4. The van der Waals surface area contributed by atoms with Crippen LogP contribution in [0.3, 0.4) is 0 Å². The third-order valence-electron chi connectivity index (χ3n) is 1.31. The summed E-state index contributed by atoms with van der Waals surface area (Å²) < 4.78 is 4.86. The Bertz CT molecular complexity index is 204. The molecule has 0 rings (SSSR count). The number of rotatable bonds is 4. The molecule has 0 atom stereocenters. The van der Waals surface area contributed by atoms with Crippen molar-refractivity contribution < 1.29 is 14.3 Å². The predicted molar refractivity (Wildman–Crippen MR) is 45.4 cm³/mol. The molecule has 0 aromatic heterocycles. The Kier molecular flexibility index (Phi) is 5.00. The van der Waals surface area contributed by atoms with Gasteiger partial charge in [-0.1, -0.05) is 6.92 Å². The number of carbonyl (C=O) groups excluding carboxylic acids is 2. The fourth-order valence-corrected chi connectivity index (χ4v) is 0.721. The van der Waals surface area contributed by atoms with E-state index in [2.05, 4.69) is 0 Å². The van der Waals surface area contributed by atoms with Crippen molar-refractivity contribution in [2.45, 2.75) is 33.6 Å². The van der Waals surface area contributed by atoms with Crippen LogP contribution in [0.25, 0.3) is 0 Å². The minimum atomic E-state index is -0.475. The highest BCUT2D eigenvalue weighted by Crippen LogP contribution is 2.03. The molecule has 0 aliphatic rings. The van der Waals surface area contributed by atoms with E-state index >= 15 is 0 Å². The number of hydrogen-bond acceptors (Lipinski definition) is 3. The summed E-state index contributed by atoms with van der Waals surface area (Å²) in [6, 6.07) is 0. The molecular weight excluding hydrogens is 156 g/mol. The van der Waals surface area contributed by atoms with Crippen LogP contribution in [0.5, 0.6) is 0 Å². The van der Waals surface area contributed by atoms with E-state index in [1.807, 2.05) is 6.92 Å². The van der Waals surface area contributed by atoms with E-state index in [1.54, 1.807) is 13.0 Å². The molecule has 0 saturated carbocycles. The van der Waals surface area contributed by atoms with Gasteiger partial charge in [-0.2, -0.15) is 0 Å². The van der Waals surface area contributed by atoms with Crippen molar-refractivity contribution in [2.75, 3.05) is 0 Å². The largest absolute Gasteiger partial charge is 0.431 e. The molecule has 0 bridgehead atoms. The van der Waals surface area contributed by atoms with Crippen LogP contribution in [0, 0.1) is 0 Å². The van der Waals surface area contributed by atoms with Crippen LogP contribution in [-0.4, -0.2) is 11.8 Å². The second-order valence-electron chi connectivity index (χ2n) is 2.46. The Morgan fingerprint density at radius 3 is 2.33 bits per heavy atom. The highest BCUT2D eigenvalue weighted by atomic mass is 16.5. The van der Waals surface area contributed by atoms with Crippen LogP contribution in [0.4, 0.5) is 0 Å². The minimum Gasteiger partial charge on any atom is -0.431 e. The van der Waals surface area contributed by atoms with Crippen LogP contribution in [0.2, 0.25) is 0 Å². The molecule has 0 aromatic carbocycles. The molecule has 0 aliphatic carbocycles. The third-order valence-corrected chi connectivity index (χ3v) is 1.31. The summed E-state index contributed by atoms with van der Waals surface area (Å²) >= 11 is 0. The maximum absolute atomic E-state index is 10.9. The van der Waals surface area contributed by atoms with Crippen molar-refractivity contribution >= 4 is 11.8 Å². The highest BCUT2D eigenvalue weighted by Gasteiger charge is 2.07. The summed E-state index contributed by atoms with van der Waals surface area (Å²) in [6.45, 7) is 5.04. The average Bonchev–Trinajstić information content (AvgIpc) is 1.98. The molecule has 0 aromatic rings. The standard InChI is InChI=1S/C9H14O3/c1-4-8(5-2)12-9(11)6-7(3)10/h4H,5-6H2,1-3H3. The fraction of sp³-hybridized carbons (Fsp3) is 0.556. The highest BCUT2D eigenvalue weighted by molar-refractivity contribution is 5.94. The average molecular weight is 170 g/mol. The number of ether oxygens (including phenoxy) is 1. The van der Waals surface area contributed by atoms with Gasteiger partial charge in [0.1, 0.15) is 18.0 Å². The molecule has 0 aliphatic heterocycles. The summed E-state index contributed by atoms with van der Waals surface area (Å²) in [5.41, 5.74) is 0. The Hall–Kier alpha value is -1.12. The van der Waals surface area contributed by atoms with Gasteiger partial charge in [0.25, 0.3) is 0 Å². The number of hydrogen-bond donors (Lipinski definition) is 0. The van der Waals surface area contributed by atoms with Gasteiger partial charge in [0, 0.05) is 6.42 Å². The van der Waals surface area contributed by atoms with Crippen LogP contribution in [0.1, 0.15) is 33.6 Å². The predicted octanol–water partition coefficient (Wildman–Crippen LogP) is 1.82. The number of ketones is 1. The van der Waals surface area contributed by atoms with E-state index in [0.717, 1.165) is 0 Å². The maximum atomic E-state index is 10.9. The monoisotopic (exact) mass is 170 g/mol. The molecule has 0 N–H and O–H groups in total. The summed E-state index contributed by atoms with van der Waals surface area (Å²) in [6.07, 6.45) is 2.25. The van der Waals surface area contributed by atoms with Crippen molar-refractivity contribution in [2.24, 2.45) is 0 Å². The van der Waals surface area contributed by atoms with E-state index in [9.17, 15) is 9.59 Å². The molecule has 0 amide bonds. The van der Waals surface area contributed by atoms with Crippen LogP contribution < -0.4 is 0 Å². The zero-order valence-corrected chi connectivity index (χ0v) is 7.72. The zero-order chi connectivity index (χ0) is 9.56. The fourth-order valence-electron chi connectivity index (χ4n) is 0.721. The van der Waals surface area contributed by atoms with Crippen LogP contribution in [0.15, 0.2) is 11.8 Å². The molecule has 3 heteroatoms. The first kappa shape index (κ1) is 10.9. The normalized spacial score (nSPS) is 11.1. The quantitative estimate of drug-likeness (QED) is 0.367.